The quantitative estimate of drug-likeness (QED) is 0.905. The molecule has 0 saturated carbocycles. The first kappa shape index (κ1) is 14.5. The van der Waals surface area contributed by atoms with Crippen molar-refractivity contribution in [2.24, 2.45) is 0 Å². The Kier molecular flexibility index (Phi) is 5.43. The van der Waals surface area contributed by atoms with Crippen molar-refractivity contribution in [1.29, 1.82) is 0 Å². The number of hydrogen-bond donors (Lipinski definition) is 1. The minimum Gasteiger partial charge on any atom is -0.389 e. The first-order valence-corrected chi connectivity index (χ1v) is 6.54. The molecule has 0 unspecified atom stereocenters. The van der Waals surface area contributed by atoms with Crippen LogP contribution in [0.3, 0.4) is 0 Å². The van der Waals surface area contributed by atoms with E-state index in [4.69, 9.17) is 0 Å². The second-order valence-electron chi connectivity index (χ2n) is 4.61. The van der Waals surface area contributed by atoms with Gasteiger partial charge in [-0.1, -0.05) is 22.0 Å². The molecule has 0 aliphatic rings. The van der Waals surface area contributed by atoms with Crippen LogP contribution in [0, 0.1) is 0 Å². The number of likely N-dealkylation sites (N-methyl/N-ethyl adjacent to an activating group) is 2. The van der Waals surface area contributed by atoms with E-state index in [0.717, 1.165) is 28.8 Å². The summed E-state index contributed by atoms with van der Waals surface area (Å²) >= 11 is 3.50. The Morgan fingerprint density at radius 1 is 1.24 bits per heavy atom. The average molecular weight is 301 g/mol. The number of anilines is 1. The molecule has 1 atom stereocenters. The standard InChI is InChI=1S/C13H21BrN2O/c1-10(17)12-6-5-11(9-13(12)14)16(4)8-7-15(2)3/h5-6,9-10,17H,7-8H2,1-4H3/t10-/m0/s1. The maximum atomic E-state index is 9.56. The summed E-state index contributed by atoms with van der Waals surface area (Å²) < 4.78 is 0.960. The molecule has 3 nitrogen and oxygen atoms in total. The van der Waals surface area contributed by atoms with E-state index < -0.39 is 6.10 Å². The molecule has 0 aromatic heterocycles. The molecule has 1 N–H and O–H groups in total. The van der Waals surface area contributed by atoms with Crippen molar-refractivity contribution in [3.8, 4) is 0 Å². The van der Waals surface area contributed by atoms with Gasteiger partial charge < -0.3 is 14.9 Å². The molecule has 0 bridgehead atoms. The van der Waals surface area contributed by atoms with E-state index in [9.17, 15) is 5.11 Å². The Morgan fingerprint density at radius 2 is 1.88 bits per heavy atom. The van der Waals surface area contributed by atoms with Gasteiger partial charge in [-0.15, -0.1) is 0 Å². The first-order chi connectivity index (χ1) is 7.91. The highest BCUT2D eigenvalue weighted by molar-refractivity contribution is 9.10. The summed E-state index contributed by atoms with van der Waals surface area (Å²) in [6.45, 7) is 3.77. The first-order valence-electron chi connectivity index (χ1n) is 5.75. The van der Waals surface area contributed by atoms with E-state index in [1.165, 1.54) is 0 Å². The van der Waals surface area contributed by atoms with Crippen LogP contribution < -0.4 is 4.90 Å². The van der Waals surface area contributed by atoms with Crippen molar-refractivity contribution < 1.29 is 5.11 Å². The van der Waals surface area contributed by atoms with Gasteiger partial charge in [-0.3, -0.25) is 0 Å². The van der Waals surface area contributed by atoms with Gasteiger partial charge in [0.05, 0.1) is 6.10 Å². The normalized spacial score (nSPS) is 12.9. The van der Waals surface area contributed by atoms with Gasteiger partial charge in [0.2, 0.25) is 0 Å². The molecule has 1 rings (SSSR count). The van der Waals surface area contributed by atoms with Crippen LogP contribution in [0.25, 0.3) is 0 Å². The molecule has 0 aliphatic heterocycles. The van der Waals surface area contributed by atoms with Crippen LogP contribution in [0.4, 0.5) is 5.69 Å². The fourth-order valence-corrected chi connectivity index (χ4v) is 2.27. The lowest BCUT2D eigenvalue weighted by Gasteiger charge is -2.22. The van der Waals surface area contributed by atoms with Crippen molar-refractivity contribution in [3.63, 3.8) is 0 Å². The van der Waals surface area contributed by atoms with E-state index >= 15 is 0 Å². The van der Waals surface area contributed by atoms with Gasteiger partial charge in [0, 0.05) is 30.3 Å². The number of halogens is 1. The largest absolute Gasteiger partial charge is 0.389 e. The van der Waals surface area contributed by atoms with Crippen LogP contribution in [-0.2, 0) is 0 Å². The second kappa shape index (κ2) is 6.38. The zero-order chi connectivity index (χ0) is 13.0. The summed E-state index contributed by atoms with van der Waals surface area (Å²) in [5, 5.41) is 9.56. The average Bonchev–Trinajstić information content (AvgIpc) is 2.25. The number of nitrogens with zero attached hydrogens (tertiary/aromatic N) is 2. The summed E-state index contributed by atoms with van der Waals surface area (Å²) in [6.07, 6.45) is -0.439. The molecule has 0 fully saturated rings. The molecule has 17 heavy (non-hydrogen) atoms. The molecular weight excluding hydrogens is 280 g/mol. The van der Waals surface area contributed by atoms with Gasteiger partial charge in [0.1, 0.15) is 0 Å². The summed E-state index contributed by atoms with van der Waals surface area (Å²) in [5.41, 5.74) is 2.08. The van der Waals surface area contributed by atoms with Crippen molar-refractivity contribution in [3.05, 3.63) is 28.2 Å². The minimum atomic E-state index is -0.439. The van der Waals surface area contributed by atoms with Gasteiger partial charge >= 0.3 is 0 Å². The number of aliphatic hydroxyl groups is 1. The van der Waals surface area contributed by atoms with E-state index in [-0.39, 0.29) is 0 Å². The topological polar surface area (TPSA) is 26.7 Å². The van der Waals surface area contributed by atoms with Crippen LogP contribution in [0.1, 0.15) is 18.6 Å². The van der Waals surface area contributed by atoms with E-state index in [2.05, 4.69) is 52.9 Å². The lowest BCUT2D eigenvalue weighted by molar-refractivity contribution is 0.198. The molecule has 0 aliphatic carbocycles. The minimum absolute atomic E-state index is 0.439. The third-order valence-corrected chi connectivity index (χ3v) is 3.44. The predicted molar refractivity (Wildman–Crippen MR) is 76.6 cm³/mol. The van der Waals surface area contributed by atoms with Gasteiger partial charge in [0.15, 0.2) is 0 Å². The van der Waals surface area contributed by atoms with Crippen LogP contribution >= 0.6 is 15.9 Å². The lowest BCUT2D eigenvalue weighted by atomic mass is 10.1. The van der Waals surface area contributed by atoms with Crippen LogP contribution in [0.15, 0.2) is 22.7 Å². The Morgan fingerprint density at radius 3 is 2.35 bits per heavy atom. The van der Waals surface area contributed by atoms with Crippen molar-refractivity contribution >= 4 is 21.6 Å². The molecule has 4 heteroatoms. The third kappa shape index (κ3) is 4.30. The fraction of sp³-hybridized carbons (Fsp3) is 0.538. The fourth-order valence-electron chi connectivity index (χ4n) is 1.57. The Balaban J connectivity index is 2.75. The second-order valence-corrected chi connectivity index (χ2v) is 5.46. The molecule has 0 heterocycles. The van der Waals surface area contributed by atoms with E-state index in [1.807, 2.05) is 12.1 Å². The predicted octanol–water partition coefficient (Wildman–Crippen LogP) is 2.50. The van der Waals surface area contributed by atoms with E-state index in [1.54, 1.807) is 6.92 Å². The zero-order valence-corrected chi connectivity index (χ0v) is 12.5. The number of aliphatic hydroxyl groups excluding tert-OH is 1. The SMILES string of the molecule is C[C@H](O)c1ccc(N(C)CCN(C)C)cc1Br. The summed E-state index contributed by atoms with van der Waals surface area (Å²) in [4.78, 5) is 4.37. The van der Waals surface area contributed by atoms with Crippen LogP contribution in [-0.4, -0.2) is 44.2 Å². The van der Waals surface area contributed by atoms with Crippen molar-refractivity contribution in [1.82, 2.24) is 4.90 Å². The highest BCUT2D eigenvalue weighted by atomic mass is 79.9. The van der Waals surface area contributed by atoms with E-state index in [0.29, 0.717) is 0 Å². The molecule has 0 amide bonds. The maximum Gasteiger partial charge on any atom is 0.0772 e. The third-order valence-electron chi connectivity index (χ3n) is 2.76. The maximum absolute atomic E-state index is 9.56. The van der Waals surface area contributed by atoms with Crippen LogP contribution in [0.5, 0.6) is 0 Å². The Bertz CT molecular complexity index is 366. The molecule has 0 spiro atoms. The number of rotatable bonds is 5. The molecule has 1 aromatic rings. The lowest BCUT2D eigenvalue weighted by Crippen LogP contribution is -2.28. The molecule has 0 saturated heterocycles. The van der Waals surface area contributed by atoms with Crippen molar-refractivity contribution in [2.75, 3.05) is 39.1 Å². The van der Waals surface area contributed by atoms with Gasteiger partial charge in [-0.25, -0.2) is 0 Å². The Labute approximate surface area is 112 Å². The highest BCUT2D eigenvalue weighted by Crippen LogP contribution is 2.27. The van der Waals surface area contributed by atoms with Gasteiger partial charge in [-0.05, 0) is 38.7 Å². The smallest absolute Gasteiger partial charge is 0.0772 e. The molecule has 96 valence electrons. The molecule has 0 radical (unpaired) electrons. The zero-order valence-electron chi connectivity index (χ0n) is 10.9. The Hall–Kier alpha value is -0.580. The van der Waals surface area contributed by atoms with Crippen molar-refractivity contribution in [2.45, 2.75) is 13.0 Å². The highest BCUT2D eigenvalue weighted by Gasteiger charge is 2.08. The van der Waals surface area contributed by atoms with Gasteiger partial charge in [0.25, 0.3) is 0 Å². The van der Waals surface area contributed by atoms with Gasteiger partial charge in [-0.2, -0.15) is 0 Å². The monoisotopic (exact) mass is 300 g/mol. The number of hydrogen-bond acceptors (Lipinski definition) is 3. The summed E-state index contributed by atoms with van der Waals surface area (Å²) in [6, 6.07) is 6.07. The molecular formula is C13H21BrN2O. The summed E-state index contributed by atoms with van der Waals surface area (Å²) in [7, 11) is 6.22. The molecule has 1 aromatic carbocycles. The summed E-state index contributed by atoms with van der Waals surface area (Å²) in [5.74, 6) is 0. The van der Waals surface area contributed by atoms with Crippen LogP contribution in [0.2, 0.25) is 0 Å². The number of benzene rings is 1.